The molecular formula is C59H69ClF4N12O6S2. The number of rotatable bonds is 16. The van der Waals surface area contributed by atoms with Gasteiger partial charge in [-0.05, 0) is 109 Å². The number of aromatic nitrogens is 8. The summed E-state index contributed by atoms with van der Waals surface area (Å²) in [5.74, 6) is -3.28. The smallest absolute Gasteiger partial charge is 0.410 e. The second kappa shape index (κ2) is 26.3. The summed E-state index contributed by atoms with van der Waals surface area (Å²) in [4.78, 5) is 44.8. The lowest BCUT2D eigenvalue weighted by atomic mass is 10.0. The zero-order valence-electron chi connectivity index (χ0n) is 47.9. The predicted molar refractivity (Wildman–Crippen MR) is 320 cm³/mol. The van der Waals surface area contributed by atoms with Gasteiger partial charge >= 0.3 is 6.09 Å². The van der Waals surface area contributed by atoms with E-state index in [1.54, 1.807) is 74.1 Å². The Kier molecular flexibility index (Phi) is 19.7. The Labute approximate surface area is 493 Å². The van der Waals surface area contributed by atoms with Crippen LogP contribution < -0.4 is 15.1 Å². The van der Waals surface area contributed by atoms with Gasteiger partial charge < -0.3 is 33.9 Å². The van der Waals surface area contributed by atoms with Crippen molar-refractivity contribution in [3.63, 3.8) is 0 Å². The summed E-state index contributed by atoms with van der Waals surface area (Å²) in [6.45, 7) is 11.9. The molecule has 2 aliphatic heterocycles. The first-order valence-electron chi connectivity index (χ1n) is 27.6. The molecule has 0 spiro atoms. The van der Waals surface area contributed by atoms with E-state index in [9.17, 15) is 21.6 Å². The van der Waals surface area contributed by atoms with E-state index in [0.717, 1.165) is 43.9 Å². The topological polar surface area (TPSA) is 204 Å². The number of sulfone groups is 2. The van der Waals surface area contributed by atoms with Gasteiger partial charge in [0.05, 0.1) is 45.1 Å². The van der Waals surface area contributed by atoms with Crippen molar-refractivity contribution in [2.24, 2.45) is 0 Å². The van der Waals surface area contributed by atoms with Gasteiger partial charge in [0, 0.05) is 110 Å². The van der Waals surface area contributed by atoms with Crippen molar-refractivity contribution in [1.29, 1.82) is 0 Å². The molecule has 18 nitrogen and oxygen atoms in total. The molecule has 1 N–H and O–H groups in total. The lowest BCUT2D eigenvalue weighted by Crippen LogP contribution is -2.47. The van der Waals surface area contributed by atoms with Crippen LogP contribution in [0.2, 0.25) is 0 Å². The van der Waals surface area contributed by atoms with Gasteiger partial charge in [-0.1, -0.05) is 26.0 Å². The third kappa shape index (κ3) is 14.1. The SMILES string of the molecule is CCCS(=O)(=O)Cc1ccc(F)c(-n2cc(-c3cncnc3)c3nc(N(C)C4CCN(C(=O)OC(C)(C)C)CC4)ccc32)c1F.CCCS(=O)(=O)Cc1ccc(F)c(-n2cc(-c3cncnc3)c3nc(N(C)C4CCNCC4)ccc32)c1F.Cl. The molecule has 6 aromatic heterocycles. The quantitative estimate of drug-likeness (QED) is 0.0894. The van der Waals surface area contributed by atoms with Crippen LogP contribution in [0.5, 0.6) is 0 Å². The number of pyridine rings is 2. The number of fused-ring (bicyclic) bond motifs is 2. The van der Waals surface area contributed by atoms with Gasteiger partial charge in [-0.2, -0.15) is 0 Å². The summed E-state index contributed by atoms with van der Waals surface area (Å²) in [5, 5.41) is 3.37. The van der Waals surface area contributed by atoms with Crippen molar-refractivity contribution in [2.45, 2.75) is 102 Å². The number of amides is 1. The minimum Gasteiger partial charge on any atom is -0.444 e. The van der Waals surface area contributed by atoms with Gasteiger partial charge in [0.1, 0.15) is 52.9 Å². The average Bonchev–Trinajstić information content (AvgIpc) is 3.30. The lowest BCUT2D eigenvalue weighted by Gasteiger charge is -2.37. The van der Waals surface area contributed by atoms with E-state index < -0.39 is 60.1 Å². The molecule has 2 aliphatic rings. The number of piperidine rings is 2. The summed E-state index contributed by atoms with van der Waals surface area (Å²) in [6.07, 6.45) is 16.3. The molecule has 2 fully saturated rings. The van der Waals surface area contributed by atoms with Crippen LogP contribution in [0.1, 0.15) is 84.3 Å². The molecule has 1 amide bonds. The average molecular weight is 1220 g/mol. The molecule has 0 saturated carbocycles. The van der Waals surface area contributed by atoms with Crippen molar-refractivity contribution in [1.82, 2.24) is 49.3 Å². The molecule has 2 saturated heterocycles. The molecule has 0 bridgehead atoms. The summed E-state index contributed by atoms with van der Waals surface area (Å²) in [6, 6.07) is 12.2. The van der Waals surface area contributed by atoms with E-state index in [-0.39, 0.29) is 58.5 Å². The van der Waals surface area contributed by atoms with E-state index in [0.29, 0.717) is 95.0 Å². The van der Waals surface area contributed by atoms with Crippen LogP contribution in [0.15, 0.2) is 98.4 Å². The number of likely N-dealkylation sites (tertiary alicyclic amines) is 1. The van der Waals surface area contributed by atoms with Gasteiger partial charge in [-0.25, -0.2) is 69.1 Å². The maximum absolute atomic E-state index is 15.9. The molecule has 8 aromatic rings. The lowest BCUT2D eigenvalue weighted by molar-refractivity contribution is 0.0205. The zero-order chi connectivity index (χ0) is 59.4. The van der Waals surface area contributed by atoms with Gasteiger partial charge in [0.2, 0.25) is 0 Å². The predicted octanol–water partition coefficient (Wildman–Crippen LogP) is 10.6. The number of carbonyl (C=O) groups is 1. The number of hydrogen-bond acceptors (Lipinski definition) is 15. The van der Waals surface area contributed by atoms with Crippen molar-refractivity contribution < 1.29 is 43.9 Å². The normalized spacial score (nSPS) is 14.5. The van der Waals surface area contributed by atoms with Gasteiger partial charge in [0.15, 0.2) is 31.3 Å². The molecule has 0 aliphatic carbocycles. The maximum atomic E-state index is 15.9. The molecule has 0 unspecified atom stereocenters. The van der Waals surface area contributed by atoms with E-state index in [4.69, 9.17) is 14.7 Å². The standard InChI is InChI=1S/C32H38F2N6O4S.C27H30F2N6O2S.ClH/c1-6-15-45(42,43)19-21-7-8-25(33)30(28(21)34)40-18-24(22-16-35-20-36-17-22)29-26(40)9-10-27(37-29)38(5)23-11-13-39(14-12-23)31(41)44-32(2,3)4;1-3-12-38(36,37)16-18-4-5-22(28)27(25(18)29)35-15-21(19-13-31-17-32-14-19)26-23(35)6-7-24(33-26)34(2)20-8-10-30-11-9-20;/h7-10,16-18,20,23H,6,11-15,19H2,1-5H3;4-7,13-15,17,20,30H,3,8-12,16H2,1-2H3;1H. The molecule has 25 heteroatoms. The zero-order valence-corrected chi connectivity index (χ0v) is 50.3. The minimum absolute atomic E-state index is 0. The van der Waals surface area contributed by atoms with Crippen LogP contribution in [0.3, 0.4) is 0 Å². The summed E-state index contributed by atoms with van der Waals surface area (Å²) >= 11 is 0. The number of ether oxygens (including phenoxy) is 1. The number of halogens is 5. The molecule has 84 heavy (non-hydrogen) atoms. The highest BCUT2D eigenvalue weighted by Crippen LogP contribution is 2.38. The Morgan fingerprint density at radius 2 is 1.04 bits per heavy atom. The van der Waals surface area contributed by atoms with E-state index >= 15 is 17.6 Å². The molecular weight excluding hydrogens is 1150 g/mol. The number of nitrogens with one attached hydrogen (secondary N) is 1. The summed E-state index contributed by atoms with van der Waals surface area (Å²) in [5.41, 5.74) is 2.88. The fraction of sp³-hybridized carbons (Fsp3) is 0.407. The maximum Gasteiger partial charge on any atom is 0.410 e. The fourth-order valence-electron chi connectivity index (χ4n) is 10.7. The van der Waals surface area contributed by atoms with Crippen molar-refractivity contribution >= 4 is 71.9 Å². The van der Waals surface area contributed by atoms with Crippen molar-refractivity contribution in [3.8, 4) is 33.6 Å². The Balaban J connectivity index is 0.000000219. The van der Waals surface area contributed by atoms with Crippen LogP contribution in [-0.4, -0.2) is 136 Å². The fourth-order valence-corrected chi connectivity index (χ4v) is 13.6. The second-order valence-electron chi connectivity index (χ2n) is 22.0. The number of benzene rings is 2. The molecule has 2 aromatic carbocycles. The highest BCUT2D eigenvalue weighted by molar-refractivity contribution is 7.90. The first-order chi connectivity index (χ1) is 39.6. The Morgan fingerprint density at radius 3 is 1.43 bits per heavy atom. The number of nitrogens with zero attached hydrogens (tertiary/aromatic N) is 11. The molecule has 10 rings (SSSR count). The van der Waals surface area contributed by atoms with Crippen LogP contribution in [0, 0.1) is 23.3 Å². The molecule has 448 valence electrons. The molecule has 0 radical (unpaired) electrons. The highest BCUT2D eigenvalue weighted by atomic mass is 35.5. The van der Waals surface area contributed by atoms with Gasteiger partial charge in [-0.15, -0.1) is 12.4 Å². The van der Waals surface area contributed by atoms with E-state index in [1.165, 1.54) is 33.9 Å². The summed E-state index contributed by atoms with van der Waals surface area (Å²) < 4.78 is 120. The van der Waals surface area contributed by atoms with Gasteiger partial charge in [-0.3, -0.25) is 0 Å². The van der Waals surface area contributed by atoms with Crippen molar-refractivity contribution in [3.05, 3.63) is 133 Å². The Bertz CT molecular complexity index is 3860. The van der Waals surface area contributed by atoms with Crippen LogP contribution in [0.4, 0.5) is 34.0 Å². The van der Waals surface area contributed by atoms with Gasteiger partial charge in [0.25, 0.3) is 0 Å². The largest absolute Gasteiger partial charge is 0.444 e. The Morgan fingerprint density at radius 1 is 0.631 bits per heavy atom. The van der Waals surface area contributed by atoms with Crippen LogP contribution >= 0.6 is 12.4 Å². The van der Waals surface area contributed by atoms with Crippen LogP contribution in [0.25, 0.3) is 55.7 Å². The molecule has 8 heterocycles. The third-order valence-corrected chi connectivity index (χ3v) is 18.4. The third-order valence-electron chi connectivity index (χ3n) is 14.8. The monoisotopic (exact) mass is 1220 g/mol. The van der Waals surface area contributed by atoms with Crippen molar-refractivity contribution in [2.75, 3.05) is 61.6 Å². The minimum atomic E-state index is -3.58. The second-order valence-corrected chi connectivity index (χ2v) is 26.3. The first kappa shape index (κ1) is 62.8. The number of hydrogen-bond donors (Lipinski definition) is 1. The number of anilines is 2. The van der Waals surface area contributed by atoms with E-state index in [1.807, 2.05) is 40.9 Å². The molecule has 0 atom stereocenters. The highest BCUT2D eigenvalue weighted by Gasteiger charge is 2.31. The Hall–Kier alpha value is -7.28. The van der Waals surface area contributed by atoms with E-state index in [2.05, 4.69) is 35.1 Å². The number of carbonyl (C=O) groups excluding carboxylic acids is 1. The van der Waals surface area contributed by atoms with Crippen LogP contribution in [-0.2, 0) is 35.9 Å². The summed E-state index contributed by atoms with van der Waals surface area (Å²) in [7, 11) is -3.17. The first-order valence-corrected chi connectivity index (χ1v) is 31.3.